The van der Waals surface area contributed by atoms with Crippen LogP contribution >= 0.6 is 23.2 Å². The van der Waals surface area contributed by atoms with E-state index < -0.39 is 0 Å². The molecule has 27 heavy (non-hydrogen) atoms. The van der Waals surface area contributed by atoms with Gasteiger partial charge in [0.05, 0.1) is 5.02 Å². The van der Waals surface area contributed by atoms with Crippen LogP contribution < -0.4 is 0 Å². The summed E-state index contributed by atoms with van der Waals surface area (Å²) in [5.41, 5.74) is 5.09. The van der Waals surface area contributed by atoms with Crippen LogP contribution in [-0.2, 0) is 0 Å². The number of H-pyrrole nitrogens is 1. The Hall–Kier alpha value is -2.81. The summed E-state index contributed by atoms with van der Waals surface area (Å²) in [4.78, 5) is 16.0. The van der Waals surface area contributed by atoms with Gasteiger partial charge in [0.1, 0.15) is 0 Å². The average molecular weight is 392 g/mol. The third kappa shape index (κ3) is 3.55. The third-order valence-electron chi connectivity index (χ3n) is 4.47. The molecule has 0 radical (unpaired) electrons. The standard InChI is InChI=1S/C23H15Cl2NO/c24-18-10-11-19(22(25)12-18)23(27)21-14-26-13-20(21)17-8-6-16(7-9-17)15-4-2-1-3-5-15/h1-14,26H. The van der Waals surface area contributed by atoms with Gasteiger partial charge < -0.3 is 4.98 Å². The molecule has 0 unspecified atom stereocenters. The highest BCUT2D eigenvalue weighted by Gasteiger charge is 2.18. The van der Waals surface area contributed by atoms with Crippen molar-refractivity contribution in [1.82, 2.24) is 4.98 Å². The van der Waals surface area contributed by atoms with E-state index in [0.29, 0.717) is 21.2 Å². The van der Waals surface area contributed by atoms with E-state index in [4.69, 9.17) is 23.2 Å². The van der Waals surface area contributed by atoms with E-state index in [-0.39, 0.29) is 5.78 Å². The Kier molecular flexibility index (Phi) is 4.85. The lowest BCUT2D eigenvalue weighted by atomic mass is 9.96. The topological polar surface area (TPSA) is 32.9 Å². The maximum absolute atomic E-state index is 13.0. The normalized spacial score (nSPS) is 10.7. The lowest BCUT2D eigenvalue weighted by Crippen LogP contribution is -2.02. The minimum Gasteiger partial charge on any atom is -0.366 e. The molecule has 4 heteroatoms. The number of hydrogen-bond donors (Lipinski definition) is 1. The minimum atomic E-state index is -0.139. The maximum atomic E-state index is 13.0. The molecule has 3 aromatic carbocycles. The number of carbonyl (C=O) groups is 1. The highest BCUT2D eigenvalue weighted by atomic mass is 35.5. The SMILES string of the molecule is O=C(c1ccc(Cl)cc1Cl)c1c[nH]cc1-c1ccc(-c2ccccc2)cc1. The molecule has 1 heterocycles. The summed E-state index contributed by atoms with van der Waals surface area (Å²) in [6, 6.07) is 23.2. The molecule has 132 valence electrons. The Bertz CT molecular complexity index is 1100. The molecule has 0 aliphatic heterocycles. The van der Waals surface area contributed by atoms with Gasteiger partial charge in [0.15, 0.2) is 5.78 Å². The minimum absolute atomic E-state index is 0.139. The number of carbonyl (C=O) groups excluding carboxylic acids is 1. The van der Waals surface area contributed by atoms with Crippen molar-refractivity contribution in [2.45, 2.75) is 0 Å². The van der Waals surface area contributed by atoms with Gasteiger partial charge in [0, 0.05) is 34.1 Å². The monoisotopic (exact) mass is 391 g/mol. The molecule has 0 amide bonds. The van der Waals surface area contributed by atoms with E-state index in [2.05, 4.69) is 29.2 Å². The van der Waals surface area contributed by atoms with Crippen molar-refractivity contribution < 1.29 is 4.79 Å². The van der Waals surface area contributed by atoms with Crippen LogP contribution in [0.3, 0.4) is 0 Å². The first kappa shape index (κ1) is 17.6. The molecule has 0 atom stereocenters. The molecule has 0 spiro atoms. The van der Waals surface area contributed by atoms with E-state index in [0.717, 1.165) is 22.3 Å². The number of nitrogens with one attached hydrogen (secondary N) is 1. The molecule has 0 bridgehead atoms. The van der Waals surface area contributed by atoms with Crippen molar-refractivity contribution in [2.75, 3.05) is 0 Å². The Morgan fingerprint density at radius 2 is 1.37 bits per heavy atom. The average Bonchev–Trinajstić information content (AvgIpc) is 3.18. The molecule has 4 rings (SSSR count). The zero-order valence-electron chi connectivity index (χ0n) is 14.2. The van der Waals surface area contributed by atoms with Gasteiger partial charge in [-0.15, -0.1) is 0 Å². The van der Waals surface area contributed by atoms with Crippen LogP contribution in [-0.4, -0.2) is 10.8 Å². The molecule has 0 aliphatic carbocycles. The first-order valence-corrected chi connectivity index (χ1v) is 9.21. The number of benzene rings is 3. The third-order valence-corrected chi connectivity index (χ3v) is 5.02. The van der Waals surface area contributed by atoms with Crippen molar-refractivity contribution in [1.29, 1.82) is 0 Å². The van der Waals surface area contributed by atoms with Crippen LogP contribution in [0.25, 0.3) is 22.3 Å². The highest BCUT2D eigenvalue weighted by molar-refractivity contribution is 6.37. The molecule has 0 saturated carbocycles. The molecule has 0 saturated heterocycles. The van der Waals surface area contributed by atoms with E-state index in [9.17, 15) is 4.79 Å². The molecule has 0 fully saturated rings. The fourth-order valence-electron chi connectivity index (χ4n) is 3.08. The van der Waals surface area contributed by atoms with Crippen molar-refractivity contribution in [3.63, 3.8) is 0 Å². The summed E-state index contributed by atoms with van der Waals surface area (Å²) in [5, 5.41) is 0.849. The second kappa shape index (κ2) is 7.43. The Morgan fingerprint density at radius 3 is 2.07 bits per heavy atom. The summed E-state index contributed by atoms with van der Waals surface area (Å²) in [5.74, 6) is -0.139. The lowest BCUT2D eigenvalue weighted by molar-refractivity contribution is 0.103. The van der Waals surface area contributed by atoms with Gasteiger partial charge in [-0.05, 0) is 34.9 Å². The molecule has 1 aromatic heterocycles. The summed E-state index contributed by atoms with van der Waals surface area (Å²) in [6.45, 7) is 0. The van der Waals surface area contributed by atoms with Crippen molar-refractivity contribution in [3.05, 3.63) is 106 Å². The number of aromatic amines is 1. The zero-order valence-corrected chi connectivity index (χ0v) is 15.8. The lowest BCUT2D eigenvalue weighted by Gasteiger charge is -2.07. The van der Waals surface area contributed by atoms with Gasteiger partial charge in [-0.25, -0.2) is 0 Å². The maximum Gasteiger partial charge on any atom is 0.196 e. The van der Waals surface area contributed by atoms with Crippen molar-refractivity contribution in [2.24, 2.45) is 0 Å². The smallest absolute Gasteiger partial charge is 0.196 e. The van der Waals surface area contributed by atoms with Crippen LogP contribution in [0.2, 0.25) is 10.0 Å². The Morgan fingerprint density at radius 1 is 0.704 bits per heavy atom. The van der Waals surface area contributed by atoms with Crippen LogP contribution in [0.5, 0.6) is 0 Å². The van der Waals surface area contributed by atoms with E-state index in [1.165, 1.54) is 0 Å². The Labute approximate surface area is 167 Å². The van der Waals surface area contributed by atoms with Crippen LogP contribution in [0, 0.1) is 0 Å². The summed E-state index contributed by atoms with van der Waals surface area (Å²) in [6.07, 6.45) is 3.53. The Balaban J connectivity index is 1.69. The van der Waals surface area contributed by atoms with E-state index in [1.54, 1.807) is 24.4 Å². The molecule has 4 aromatic rings. The largest absolute Gasteiger partial charge is 0.366 e. The van der Waals surface area contributed by atoms with E-state index in [1.807, 2.05) is 36.5 Å². The van der Waals surface area contributed by atoms with Crippen molar-refractivity contribution >= 4 is 29.0 Å². The van der Waals surface area contributed by atoms with Gasteiger partial charge in [-0.2, -0.15) is 0 Å². The second-order valence-electron chi connectivity index (χ2n) is 6.18. The quantitative estimate of drug-likeness (QED) is 0.377. The summed E-state index contributed by atoms with van der Waals surface area (Å²) >= 11 is 12.1. The van der Waals surface area contributed by atoms with Gasteiger partial charge in [-0.1, -0.05) is 77.8 Å². The van der Waals surface area contributed by atoms with E-state index >= 15 is 0 Å². The first-order valence-electron chi connectivity index (χ1n) is 8.46. The second-order valence-corrected chi connectivity index (χ2v) is 7.02. The molecular formula is C23H15Cl2NO. The summed E-state index contributed by atoms with van der Waals surface area (Å²) in [7, 11) is 0. The van der Waals surface area contributed by atoms with Crippen LogP contribution in [0.4, 0.5) is 0 Å². The number of ketones is 1. The number of rotatable bonds is 4. The predicted octanol–water partition coefficient (Wildman–Crippen LogP) is 6.89. The van der Waals surface area contributed by atoms with Gasteiger partial charge >= 0.3 is 0 Å². The van der Waals surface area contributed by atoms with Gasteiger partial charge in [0.25, 0.3) is 0 Å². The van der Waals surface area contributed by atoms with Crippen LogP contribution in [0.1, 0.15) is 15.9 Å². The predicted molar refractivity (Wildman–Crippen MR) is 112 cm³/mol. The fraction of sp³-hybridized carbons (Fsp3) is 0. The first-order chi connectivity index (χ1) is 13.1. The molecular weight excluding hydrogens is 377 g/mol. The molecule has 2 nitrogen and oxygen atoms in total. The van der Waals surface area contributed by atoms with Gasteiger partial charge in [-0.3, -0.25) is 4.79 Å². The van der Waals surface area contributed by atoms with Crippen molar-refractivity contribution in [3.8, 4) is 22.3 Å². The zero-order chi connectivity index (χ0) is 18.8. The number of aromatic nitrogens is 1. The fourth-order valence-corrected chi connectivity index (χ4v) is 3.58. The number of halogens is 2. The summed E-state index contributed by atoms with van der Waals surface area (Å²) < 4.78 is 0. The van der Waals surface area contributed by atoms with Gasteiger partial charge in [0.2, 0.25) is 0 Å². The van der Waals surface area contributed by atoms with Crippen LogP contribution in [0.15, 0.2) is 85.2 Å². The number of hydrogen-bond acceptors (Lipinski definition) is 1. The molecule has 0 aliphatic rings. The highest BCUT2D eigenvalue weighted by Crippen LogP contribution is 2.30. The molecule has 1 N–H and O–H groups in total.